The van der Waals surface area contributed by atoms with E-state index in [1.165, 1.54) is 10.4 Å². The van der Waals surface area contributed by atoms with Crippen LogP contribution < -0.4 is 5.32 Å². The molecule has 0 unspecified atom stereocenters. The summed E-state index contributed by atoms with van der Waals surface area (Å²) in [5.41, 5.74) is 2.51. The number of aryl methyl sites for hydroxylation is 1. The highest BCUT2D eigenvalue weighted by molar-refractivity contribution is 7.89. The van der Waals surface area contributed by atoms with Gasteiger partial charge in [-0.1, -0.05) is 19.9 Å². The maximum atomic E-state index is 12.9. The number of amides is 1. The summed E-state index contributed by atoms with van der Waals surface area (Å²) in [6.07, 6.45) is 1.75. The fourth-order valence-corrected chi connectivity index (χ4v) is 5.34. The maximum Gasteiger partial charge on any atom is 0.255 e. The van der Waals surface area contributed by atoms with E-state index in [9.17, 15) is 13.2 Å². The summed E-state index contributed by atoms with van der Waals surface area (Å²) in [5, 5.41) is 5.64. The Morgan fingerprint density at radius 1 is 1.10 bits per heavy atom. The third-order valence-electron chi connectivity index (χ3n) is 4.60. The molecule has 0 aliphatic heterocycles. The van der Waals surface area contributed by atoms with Crippen LogP contribution in [0.5, 0.6) is 0 Å². The highest BCUT2D eigenvalue weighted by Gasteiger charge is 2.24. The molecule has 0 radical (unpaired) electrons. The molecule has 2 aromatic carbocycles. The largest absolute Gasteiger partial charge is 0.322 e. The number of carbonyl (C=O) groups is 1. The van der Waals surface area contributed by atoms with E-state index < -0.39 is 10.0 Å². The van der Waals surface area contributed by atoms with E-state index in [0.29, 0.717) is 29.9 Å². The average molecular weight is 430 g/mol. The molecule has 3 aromatic rings. The van der Waals surface area contributed by atoms with Gasteiger partial charge >= 0.3 is 0 Å². The fraction of sp³-hybridized carbons (Fsp3) is 0.238. The van der Waals surface area contributed by atoms with Gasteiger partial charge in [0.15, 0.2) is 0 Å². The lowest BCUT2D eigenvalue weighted by molar-refractivity contribution is 0.102. The van der Waals surface area contributed by atoms with Crippen LogP contribution in [-0.4, -0.2) is 36.7 Å². The van der Waals surface area contributed by atoms with Crippen LogP contribution >= 0.6 is 11.3 Å². The molecule has 0 aliphatic rings. The maximum absolute atomic E-state index is 12.9. The van der Waals surface area contributed by atoms with E-state index in [4.69, 9.17) is 0 Å². The lowest BCUT2D eigenvalue weighted by Gasteiger charge is -2.20. The van der Waals surface area contributed by atoms with Crippen molar-refractivity contribution in [3.63, 3.8) is 0 Å². The van der Waals surface area contributed by atoms with E-state index >= 15 is 0 Å². The zero-order chi connectivity index (χ0) is 21.0. The van der Waals surface area contributed by atoms with Gasteiger partial charge in [0.05, 0.1) is 4.90 Å². The summed E-state index contributed by atoms with van der Waals surface area (Å²) < 4.78 is 27.2. The first-order valence-electron chi connectivity index (χ1n) is 9.29. The van der Waals surface area contributed by atoms with Crippen LogP contribution in [0.2, 0.25) is 0 Å². The second kappa shape index (κ2) is 8.86. The predicted molar refractivity (Wildman–Crippen MR) is 117 cm³/mol. The van der Waals surface area contributed by atoms with Crippen LogP contribution in [0.3, 0.4) is 0 Å². The number of aromatic nitrogens is 1. The minimum Gasteiger partial charge on any atom is -0.322 e. The molecule has 1 heterocycles. The molecule has 0 aliphatic carbocycles. The van der Waals surface area contributed by atoms with Crippen molar-refractivity contribution in [1.82, 2.24) is 9.29 Å². The van der Waals surface area contributed by atoms with Crippen LogP contribution in [-0.2, 0) is 10.0 Å². The van der Waals surface area contributed by atoms with E-state index in [0.717, 1.165) is 10.6 Å². The topological polar surface area (TPSA) is 79.4 Å². The van der Waals surface area contributed by atoms with Crippen molar-refractivity contribution in [3.8, 4) is 10.6 Å². The molecule has 1 amide bonds. The predicted octanol–water partition coefficient (Wildman–Crippen LogP) is 4.40. The molecule has 1 N–H and O–H groups in total. The lowest BCUT2D eigenvalue weighted by atomic mass is 10.1. The van der Waals surface area contributed by atoms with Crippen molar-refractivity contribution in [3.05, 3.63) is 65.2 Å². The number of carbonyl (C=O) groups excluding carboxylic acids is 1. The molecule has 8 heteroatoms. The number of benzene rings is 2. The van der Waals surface area contributed by atoms with Crippen molar-refractivity contribution < 1.29 is 13.2 Å². The summed E-state index contributed by atoms with van der Waals surface area (Å²) >= 11 is 1.54. The van der Waals surface area contributed by atoms with Gasteiger partial charge in [-0.3, -0.25) is 4.79 Å². The summed E-state index contributed by atoms with van der Waals surface area (Å²) in [6.45, 7) is 6.07. The first kappa shape index (κ1) is 21.2. The summed E-state index contributed by atoms with van der Waals surface area (Å²) in [5.74, 6) is -0.358. The molecule has 0 bridgehead atoms. The molecule has 0 saturated heterocycles. The Hall–Kier alpha value is -2.55. The molecule has 0 atom stereocenters. The summed E-state index contributed by atoms with van der Waals surface area (Å²) in [4.78, 5) is 17.1. The molecule has 152 valence electrons. The van der Waals surface area contributed by atoms with Gasteiger partial charge in [0, 0.05) is 41.5 Å². The molecule has 6 nitrogen and oxygen atoms in total. The average Bonchev–Trinajstić information content (AvgIpc) is 3.24. The molecule has 0 saturated carbocycles. The Morgan fingerprint density at radius 3 is 2.38 bits per heavy atom. The van der Waals surface area contributed by atoms with Crippen molar-refractivity contribution in [2.75, 3.05) is 18.4 Å². The highest BCUT2D eigenvalue weighted by atomic mass is 32.2. The van der Waals surface area contributed by atoms with E-state index in [-0.39, 0.29) is 10.8 Å². The normalized spacial score (nSPS) is 11.6. The number of nitrogens with one attached hydrogen (secondary N) is 1. The lowest BCUT2D eigenvalue weighted by Crippen LogP contribution is -2.31. The summed E-state index contributed by atoms with van der Waals surface area (Å²) in [7, 11) is -3.64. The van der Waals surface area contributed by atoms with Gasteiger partial charge in [-0.05, 0) is 48.9 Å². The zero-order valence-electron chi connectivity index (χ0n) is 16.5. The van der Waals surface area contributed by atoms with Crippen molar-refractivity contribution >= 4 is 33.0 Å². The van der Waals surface area contributed by atoms with Crippen molar-refractivity contribution in [2.45, 2.75) is 25.7 Å². The molecule has 29 heavy (non-hydrogen) atoms. The molecule has 0 fully saturated rings. The van der Waals surface area contributed by atoms with Gasteiger partial charge in [-0.25, -0.2) is 13.4 Å². The standard InChI is InChI=1S/C21H23N3O3S2/c1-4-24(5-2)29(26,27)19-14-17(7-6-15(19)3)20(25)23-18-10-8-16(9-11-18)21-22-12-13-28-21/h6-14H,4-5H2,1-3H3,(H,23,25). The van der Waals surface area contributed by atoms with Crippen LogP contribution in [0, 0.1) is 6.92 Å². The van der Waals surface area contributed by atoms with Crippen molar-refractivity contribution in [2.24, 2.45) is 0 Å². The Labute approximate surface area is 175 Å². The highest BCUT2D eigenvalue weighted by Crippen LogP contribution is 2.24. The van der Waals surface area contributed by atoms with Gasteiger partial charge in [0.1, 0.15) is 5.01 Å². The fourth-order valence-electron chi connectivity index (χ4n) is 2.99. The van der Waals surface area contributed by atoms with Gasteiger partial charge in [0.25, 0.3) is 5.91 Å². The van der Waals surface area contributed by atoms with Crippen LogP contribution in [0.1, 0.15) is 29.8 Å². The van der Waals surface area contributed by atoms with E-state index in [2.05, 4.69) is 10.3 Å². The minimum absolute atomic E-state index is 0.160. The molecular weight excluding hydrogens is 406 g/mol. The monoisotopic (exact) mass is 429 g/mol. The molecule has 3 rings (SSSR count). The zero-order valence-corrected chi connectivity index (χ0v) is 18.2. The minimum atomic E-state index is -3.64. The number of hydrogen-bond acceptors (Lipinski definition) is 5. The van der Waals surface area contributed by atoms with Gasteiger partial charge in [-0.15, -0.1) is 11.3 Å². The Balaban J connectivity index is 1.83. The molecular formula is C21H23N3O3S2. The molecule has 1 aromatic heterocycles. The Bertz CT molecular complexity index is 1090. The van der Waals surface area contributed by atoms with Gasteiger partial charge in [0.2, 0.25) is 10.0 Å². The Kier molecular flexibility index (Phi) is 6.46. The van der Waals surface area contributed by atoms with Crippen molar-refractivity contribution in [1.29, 1.82) is 0 Å². The Morgan fingerprint density at radius 2 is 1.79 bits per heavy atom. The number of nitrogens with zero attached hydrogens (tertiary/aromatic N) is 2. The number of sulfonamides is 1. The van der Waals surface area contributed by atoms with Crippen LogP contribution in [0.25, 0.3) is 10.6 Å². The van der Waals surface area contributed by atoms with Crippen LogP contribution in [0.4, 0.5) is 5.69 Å². The SMILES string of the molecule is CCN(CC)S(=O)(=O)c1cc(C(=O)Nc2ccc(-c3nccs3)cc2)ccc1C. The second-order valence-corrected chi connectivity index (χ2v) is 9.24. The van der Waals surface area contributed by atoms with Crippen LogP contribution in [0.15, 0.2) is 58.9 Å². The smallest absolute Gasteiger partial charge is 0.255 e. The third kappa shape index (κ3) is 4.55. The number of thiazole rings is 1. The molecule has 0 spiro atoms. The van der Waals surface area contributed by atoms with E-state index in [1.54, 1.807) is 62.6 Å². The first-order chi connectivity index (χ1) is 13.9. The third-order valence-corrected chi connectivity index (χ3v) is 7.61. The number of rotatable bonds is 7. The van der Waals surface area contributed by atoms with Gasteiger partial charge in [-0.2, -0.15) is 4.31 Å². The second-order valence-electron chi connectivity index (χ2n) is 6.44. The number of anilines is 1. The number of hydrogen-bond donors (Lipinski definition) is 1. The summed E-state index contributed by atoms with van der Waals surface area (Å²) in [6, 6.07) is 12.1. The quantitative estimate of drug-likeness (QED) is 0.604. The van der Waals surface area contributed by atoms with E-state index in [1.807, 2.05) is 17.5 Å². The van der Waals surface area contributed by atoms with Gasteiger partial charge < -0.3 is 5.32 Å². The first-order valence-corrected chi connectivity index (χ1v) is 11.6.